The average molecular weight is 256 g/mol. The van der Waals surface area contributed by atoms with E-state index in [2.05, 4.69) is 0 Å². The molecule has 0 saturated heterocycles. The van der Waals surface area contributed by atoms with Gasteiger partial charge in [0.15, 0.2) is 0 Å². The lowest BCUT2D eigenvalue weighted by Gasteiger charge is -2.34. The molecule has 0 atom stereocenters. The molecule has 5 nitrogen and oxygen atoms in total. The van der Waals surface area contributed by atoms with Crippen molar-refractivity contribution >= 4 is 12.0 Å². The highest BCUT2D eigenvalue weighted by Gasteiger charge is 2.24. The van der Waals surface area contributed by atoms with Gasteiger partial charge < -0.3 is 14.9 Å². The molecule has 5 heteroatoms. The van der Waals surface area contributed by atoms with Crippen LogP contribution in [0.3, 0.4) is 0 Å². The van der Waals surface area contributed by atoms with E-state index in [0.717, 1.165) is 13.1 Å². The number of carbonyl (C=O) groups excluding carboxylic acids is 1. The van der Waals surface area contributed by atoms with E-state index in [0.29, 0.717) is 18.9 Å². The predicted octanol–water partition coefficient (Wildman–Crippen LogP) is 2.02. The van der Waals surface area contributed by atoms with Crippen LogP contribution in [0.5, 0.6) is 0 Å². The van der Waals surface area contributed by atoms with E-state index in [9.17, 15) is 9.59 Å². The summed E-state index contributed by atoms with van der Waals surface area (Å²) in [6.07, 6.45) is 4.37. The van der Waals surface area contributed by atoms with Crippen molar-refractivity contribution in [3.05, 3.63) is 0 Å². The Hall–Kier alpha value is -1.26. The summed E-state index contributed by atoms with van der Waals surface area (Å²) in [4.78, 5) is 26.0. The number of carboxylic acids is 1. The van der Waals surface area contributed by atoms with Gasteiger partial charge in [0.25, 0.3) is 0 Å². The minimum atomic E-state index is -0.808. The van der Waals surface area contributed by atoms with Gasteiger partial charge in [-0.2, -0.15) is 0 Å². The normalized spacial score (nSPS) is 15.0. The number of aliphatic carboxylic acids is 1. The Labute approximate surface area is 109 Å². The van der Waals surface area contributed by atoms with Gasteiger partial charge in [-0.05, 0) is 32.1 Å². The molecule has 0 aromatic rings. The van der Waals surface area contributed by atoms with Crippen LogP contribution < -0.4 is 0 Å². The van der Waals surface area contributed by atoms with Crippen molar-refractivity contribution in [3.63, 3.8) is 0 Å². The van der Waals surface area contributed by atoms with Crippen LogP contribution in [0, 0.1) is 5.92 Å². The summed E-state index contributed by atoms with van der Waals surface area (Å²) in [5.41, 5.74) is 0. The first-order valence-corrected chi connectivity index (χ1v) is 6.76. The topological polar surface area (TPSA) is 60.9 Å². The summed E-state index contributed by atoms with van der Waals surface area (Å²) < 4.78 is 0. The lowest BCUT2D eigenvalue weighted by atomic mass is 9.85. The summed E-state index contributed by atoms with van der Waals surface area (Å²) in [6.45, 7) is 4.06. The Morgan fingerprint density at radius 3 is 2.44 bits per heavy atom. The number of rotatable bonds is 7. The van der Waals surface area contributed by atoms with Gasteiger partial charge in [-0.25, -0.2) is 4.79 Å². The van der Waals surface area contributed by atoms with Gasteiger partial charge in [0.1, 0.15) is 0 Å². The highest BCUT2D eigenvalue weighted by Crippen LogP contribution is 2.27. The molecule has 0 bridgehead atoms. The molecule has 0 spiro atoms. The first-order chi connectivity index (χ1) is 8.54. The standard InChI is InChI=1S/C13H24N2O3/c1-3-15(10-11-6-4-7-11)13(18)14(2)9-5-8-12(16)17/h11H,3-10H2,1-2H3,(H,16,17). The van der Waals surface area contributed by atoms with Crippen LogP contribution in [0.15, 0.2) is 0 Å². The van der Waals surface area contributed by atoms with Crippen LogP contribution in [0.1, 0.15) is 39.0 Å². The summed E-state index contributed by atoms with van der Waals surface area (Å²) in [5.74, 6) is -0.140. The number of hydrogen-bond donors (Lipinski definition) is 1. The van der Waals surface area contributed by atoms with Crippen molar-refractivity contribution in [1.29, 1.82) is 0 Å². The molecule has 0 heterocycles. The largest absolute Gasteiger partial charge is 0.481 e. The van der Waals surface area contributed by atoms with Crippen molar-refractivity contribution in [2.45, 2.75) is 39.0 Å². The van der Waals surface area contributed by atoms with Gasteiger partial charge >= 0.3 is 12.0 Å². The number of carbonyl (C=O) groups is 2. The van der Waals surface area contributed by atoms with E-state index < -0.39 is 5.97 Å². The second kappa shape index (κ2) is 7.24. The SMILES string of the molecule is CCN(CC1CCC1)C(=O)N(C)CCCC(=O)O. The lowest BCUT2D eigenvalue weighted by Crippen LogP contribution is -2.44. The van der Waals surface area contributed by atoms with E-state index in [4.69, 9.17) is 5.11 Å². The molecule has 2 amide bonds. The summed E-state index contributed by atoms with van der Waals surface area (Å²) in [6, 6.07) is 0.0230. The van der Waals surface area contributed by atoms with E-state index in [-0.39, 0.29) is 12.5 Å². The molecule has 1 aliphatic carbocycles. The van der Waals surface area contributed by atoms with Crippen LogP contribution in [-0.2, 0) is 4.79 Å². The van der Waals surface area contributed by atoms with Crippen molar-refractivity contribution in [3.8, 4) is 0 Å². The molecule has 1 saturated carbocycles. The maximum atomic E-state index is 12.1. The van der Waals surface area contributed by atoms with Crippen LogP contribution in [0.25, 0.3) is 0 Å². The van der Waals surface area contributed by atoms with E-state index in [1.807, 2.05) is 11.8 Å². The quantitative estimate of drug-likeness (QED) is 0.758. The maximum Gasteiger partial charge on any atom is 0.319 e. The molecule has 1 N–H and O–H groups in total. The van der Waals surface area contributed by atoms with Crippen molar-refractivity contribution < 1.29 is 14.7 Å². The van der Waals surface area contributed by atoms with Crippen molar-refractivity contribution in [2.24, 2.45) is 5.92 Å². The second-order valence-electron chi connectivity index (χ2n) is 5.04. The second-order valence-corrected chi connectivity index (χ2v) is 5.04. The Balaban J connectivity index is 2.31. The van der Waals surface area contributed by atoms with E-state index >= 15 is 0 Å². The molecule has 1 rings (SSSR count). The lowest BCUT2D eigenvalue weighted by molar-refractivity contribution is -0.137. The van der Waals surface area contributed by atoms with Crippen LogP contribution >= 0.6 is 0 Å². The third-order valence-electron chi connectivity index (χ3n) is 3.57. The molecule has 0 aromatic heterocycles. The number of urea groups is 1. The zero-order valence-corrected chi connectivity index (χ0v) is 11.4. The van der Waals surface area contributed by atoms with Gasteiger partial charge in [-0.3, -0.25) is 4.79 Å². The Kier molecular flexibility index (Phi) is 5.95. The monoisotopic (exact) mass is 256 g/mol. The number of carboxylic acid groups (broad SMARTS) is 1. The third kappa shape index (κ3) is 4.55. The van der Waals surface area contributed by atoms with Gasteiger partial charge in [0.05, 0.1) is 0 Å². The van der Waals surface area contributed by atoms with Gasteiger partial charge in [-0.15, -0.1) is 0 Å². The molecule has 1 aliphatic rings. The number of nitrogens with zero attached hydrogens (tertiary/aromatic N) is 2. The van der Waals surface area contributed by atoms with Gasteiger partial charge in [0.2, 0.25) is 0 Å². The molecule has 0 unspecified atom stereocenters. The fourth-order valence-corrected chi connectivity index (χ4v) is 2.13. The van der Waals surface area contributed by atoms with Crippen molar-refractivity contribution in [1.82, 2.24) is 9.80 Å². The van der Waals surface area contributed by atoms with Crippen LogP contribution in [0.4, 0.5) is 4.79 Å². The smallest absolute Gasteiger partial charge is 0.319 e. The summed E-state index contributed by atoms with van der Waals surface area (Å²) >= 11 is 0. The minimum absolute atomic E-state index is 0.0230. The minimum Gasteiger partial charge on any atom is -0.481 e. The molecule has 18 heavy (non-hydrogen) atoms. The fraction of sp³-hybridized carbons (Fsp3) is 0.846. The predicted molar refractivity (Wildman–Crippen MR) is 69.5 cm³/mol. The molecule has 104 valence electrons. The highest BCUT2D eigenvalue weighted by molar-refractivity contribution is 5.74. The zero-order chi connectivity index (χ0) is 13.5. The molecule has 0 aromatic carbocycles. The molecular formula is C13H24N2O3. The Bertz CT molecular complexity index is 290. The van der Waals surface area contributed by atoms with Crippen molar-refractivity contribution in [2.75, 3.05) is 26.7 Å². The van der Waals surface area contributed by atoms with E-state index in [1.165, 1.54) is 19.3 Å². The molecule has 1 fully saturated rings. The fourth-order valence-electron chi connectivity index (χ4n) is 2.13. The van der Waals surface area contributed by atoms with Gasteiger partial charge in [-0.1, -0.05) is 6.42 Å². The Morgan fingerprint density at radius 2 is 2.00 bits per heavy atom. The molecule has 0 aliphatic heterocycles. The molecule has 0 radical (unpaired) electrons. The first-order valence-electron chi connectivity index (χ1n) is 6.76. The summed E-state index contributed by atoms with van der Waals surface area (Å²) in [5, 5.41) is 8.56. The van der Waals surface area contributed by atoms with E-state index in [1.54, 1.807) is 11.9 Å². The highest BCUT2D eigenvalue weighted by atomic mass is 16.4. The van der Waals surface area contributed by atoms with Gasteiger partial charge in [0, 0.05) is 33.1 Å². The molecular weight excluding hydrogens is 232 g/mol. The number of hydrogen-bond acceptors (Lipinski definition) is 2. The zero-order valence-electron chi connectivity index (χ0n) is 11.4. The average Bonchev–Trinajstić information content (AvgIpc) is 2.26. The number of amides is 2. The van der Waals surface area contributed by atoms with Crippen LogP contribution in [-0.4, -0.2) is 53.6 Å². The first kappa shape index (κ1) is 14.8. The van der Waals surface area contributed by atoms with Crippen LogP contribution in [0.2, 0.25) is 0 Å². The Morgan fingerprint density at radius 1 is 1.33 bits per heavy atom. The third-order valence-corrected chi connectivity index (χ3v) is 3.57. The summed E-state index contributed by atoms with van der Waals surface area (Å²) in [7, 11) is 1.74. The maximum absolute atomic E-state index is 12.1.